The number of ether oxygens (including phenoxy) is 4. The Morgan fingerprint density at radius 3 is 1.90 bits per heavy atom. The fraction of sp³-hybridized carbons (Fsp3) is 0.229. The van der Waals surface area contributed by atoms with E-state index in [0.29, 0.717) is 49.2 Å². The van der Waals surface area contributed by atoms with Crippen LogP contribution in [0, 0.1) is 0 Å². The molecule has 41 heavy (non-hydrogen) atoms. The average Bonchev–Trinajstić information content (AvgIpc) is 3.02. The zero-order valence-electron chi connectivity index (χ0n) is 23.9. The summed E-state index contributed by atoms with van der Waals surface area (Å²) in [5.74, 6) is 2.50. The third kappa shape index (κ3) is 8.64. The molecular weight excluding hydrogens is 514 g/mol. The Hall–Kier alpha value is -4.71. The first-order valence-corrected chi connectivity index (χ1v) is 13.8. The van der Waals surface area contributed by atoms with E-state index in [1.807, 2.05) is 97.1 Å². The van der Waals surface area contributed by atoms with Crippen molar-refractivity contribution in [2.45, 2.75) is 33.0 Å². The molecule has 1 N–H and O–H groups in total. The predicted octanol–water partition coefficient (Wildman–Crippen LogP) is 6.80. The Bertz CT molecular complexity index is 1430. The number of carbonyl (C=O) groups is 1. The lowest BCUT2D eigenvalue weighted by atomic mass is 10.0. The lowest BCUT2D eigenvalue weighted by Crippen LogP contribution is -2.23. The van der Waals surface area contributed by atoms with Crippen molar-refractivity contribution >= 4 is 12.0 Å². The average molecular weight is 552 g/mol. The molecule has 0 heterocycles. The van der Waals surface area contributed by atoms with Crippen molar-refractivity contribution in [3.05, 3.63) is 125 Å². The largest absolute Gasteiger partial charge is 0.493 e. The normalized spacial score (nSPS) is 10.8. The molecule has 0 unspecified atom stereocenters. The first-order valence-electron chi connectivity index (χ1n) is 13.8. The quantitative estimate of drug-likeness (QED) is 0.175. The fourth-order valence-corrected chi connectivity index (χ4v) is 4.37. The highest BCUT2D eigenvalue weighted by molar-refractivity contribution is 5.92. The molecule has 0 bridgehead atoms. The van der Waals surface area contributed by atoms with Gasteiger partial charge in [-0.25, -0.2) is 0 Å². The second-order valence-electron chi connectivity index (χ2n) is 9.46. The molecular formula is C35H37NO5. The summed E-state index contributed by atoms with van der Waals surface area (Å²) in [5, 5.41) is 2.97. The van der Waals surface area contributed by atoms with Gasteiger partial charge >= 0.3 is 0 Å². The van der Waals surface area contributed by atoms with E-state index in [-0.39, 0.29) is 5.91 Å². The molecule has 0 aromatic heterocycles. The molecule has 0 saturated carbocycles. The van der Waals surface area contributed by atoms with Crippen molar-refractivity contribution in [3.8, 4) is 23.0 Å². The van der Waals surface area contributed by atoms with Gasteiger partial charge in [-0.1, -0.05) is 73.7 Å². The third-order valence-electron chi connectivity index (χ3n) is 6.64. The van der Waals surface area contributed by atoms with Crippen LogP contribution in [0.3, 0.4) is 0 Å². The van der Waals surface area contributed by atoms with E-state index in [1.165, 1.54) is 0 Å². The van der Waals surface area contributed by atoms with Crippen molar-refractivity contribution in [2.75, 3.05) is 20.8 Å². The Morgan fingerprint density at radius 2 is 1.32 bits per heavy atom. The standard InChI is InChI=1S/C35H37NO5/c1-4-29-22-32(39-3)34(41-25-28-13-9-6-10-14-28)23-30(29)16-18-35(37)36-20-19-26-15-17-31(38-2)33(21-26)40-24-27-11-7-5-8-12-27/h5-18,21-23H,4,19-20,24-25H2,1-3H3,(H,36,37). The van der Waals surface area contributed by atoms with E-state index in [2.05, 4.69) is 12.2 Å². The maximum absolute atomic E-state index is 12.7. The summed E-state index contributed by atoms with van der Waals surface area (Å²) in [5.41, 5.74) is 5.18. The van der Waals surface area contributed by atoms with Crippen molar-refractivity contribution in [2.24, 2.45) is 0 Å². The van der Waals surface area contributed by atoms with E-state index in [0.717, 1.165) is 34.2 Å². The highest BCUT2D eigenvalue weighted by Crippen LogP contribution is 2.33. The second kappa shape index (κ2) is 15.2. The third-order valence-corrected chi connectivity index (χ3v) is 6.64. The summed E-state index contributed by atoms with van der Waals surface area (Å²) in [6.45, 7) is 3.44. The van der Waals surface area contributed by atoms with Crippen LogP contribution in [0.2, 0.25) is 0 Å². The van der Waals surface area contributed by atoms with E-state index in [4.69, 9.17) is 18.9 Å². The summed E-state index contributed by atoms with van der Waals surface area (Å²) in [4.78, 5) is 12.7. The number of rotatable bonds is 14. The van der Waals surface area contributed by atoms with Crippen LogP contribution in [0.4, 0.5) is 0 Å². The second-order valence-corrected chi connectivity index (χ2v) is 9.46. The monoisotopic (exact) mass is 551 g/mol. The maximum atomic E-state index is 12.7. The van der Waals surface area contributed by atoms with Crippen LogP contribution < -0.4 is 24.3 Å². The van der Waals surface area contributed by atoms with E-state index >= 15 is 0 Å². The topological polar surface area (TPSA) is 66.0 Å². The van der Waals surface area contributed by atoms with E-state index in [9.17, 15) is 4.79 Å². The van der Waals surface area contributed by atoms with Gasteiger partial charge in [-0.3, -0.25) is 4.79 Å². The smallest absolute Gasteiger partial charge is 0.244 e. The molecule has 0 radical (unpaired) electrons. The first-order chi connectivity index (χ1) is 20.1. The molecule has 0 spiro atoms. The minimum atomic E-state index is -0.163. The van der Waals surface area contributed by atoms with Gasteiger partial charge in [0.15, 0.2) is 23.0 Å². The van der Waals surface area contributed by atoms with Crippen LogP contribution in [-0.4, -0.2) is 26.7 Å². The van der Waals surface area contributed by atoms with Gasteiger partial charge in [0, 0.05) is 12.6 Å². The molecule has 0 atom stereocenters. The van der Waals surface area contributed by atoms with Crippen LogP contribution >= 0.6 is 0 Å². The zero-order chi connectivity index (χ0) is 28.9. The number of nitrogens with one attached hydrogen (secondary N) is 1. The molecule has 0 aliphatic heterocycles. The lowest BCUT2D eigenvalue weighted by Gasteiger charge is -2.14. The van der Waals surface area contributed by atoms with Crippen molar-refractivity contribution < 1.29 is 23.7 Å². The molecule has 0 fully saturated rings. The molecule has 6 nitrogen and oxygen atoms in total. The van der Waals surface area contributed by atoms with Crippen molar-refractivity contribution in [3.63, 3.8) is 0 Å². The van der Waals surface area contributed by atoms with E-state index < -0.39 is 0 Å². The maximum Gasteiger partial charge on any atom is 0.244 e. The number of benzene rings is 4. The summed E-state index contributed by atoms with van der Waals surface area (Å²) in [7, 11) is 3.26. The number of hydrogen-bond donors (Lipinski definition) is 1. The Kier molecular flexibility index (Phi) is 10.8. The van der Waals surface area contributed by atoms with Crippen LogP contribution in [-0.2, 0) is 30.8 Å². The molecule has 4 aromatic carbocycles. The van der Waals surface area contributed by atoms with Crippen LogP contribution in [0.1, 0.15) is 34.7 Å². The number of carbonyl (C=O) groups excluding carboxylic acids is 1. The molecule has 6 heteroatoms. The fourth-order valence-electron chi connectivity index (χ4n) is 4.37. The van der Waals surface area contributed by atoms with Crippen LogP contribution in [0.15, 0.2) is 97.1 Å². The van der Waals surface area contributed by atoms with Gasteiger partial charge in [-0.2, -0.15) is 0 Å². The van der Waals surface area contributed by atoms with Crippen molar-refractivity contribution in [1.82, 2.24) is 5.32 Å². The van der Waals surface area contributed by atoms with Gasteiger partial charge in [-0.15, -0.1) is 0 Å². The molecule has 0 aliphatic rings. The summed E-state index contributed by atoms with van der Waals surface area (Å²) in [6, 6.07) is 29.7. The molecule has 212 valence electrons. The summed E-state index contributed by atoms with van der Waals surface area (Å²) in [6.07, 6.45) is 4.84. The van der Waals surface area contributed by atoms with Crippen LogP contribution in [0.5, 0.6) is 23.0 Å². The minimum absolute atomic E-state index is 0.163. The van der Waals surface area contributed by atoms with E-state index in [1.54, 1.807) is 20.3 Å². The van der Waals surface area contributed by atoms with Gasteiger partial charge in [-0.05, 0) is 71.0 Å². The van der Waals surface area contributed by atoms with Gasteiger partial charge in [0.1, 0.15) is 13.2 Å². The molecule has 0 saturated heterocycles. The minimum Gasteiger partial charge on any atom is -0.493 e. The Labute approximate surface area is 242 Å². The van der Waals surface area contributed by atoms with Gasteiger partial charge in [0.25, 0.3) is 0 Å². The Morgan fingerprint density at radius 1 is 0.707 bits per heavy atom. The lowest BCUT2D eigenvalue weighted by molar-refractivity contribution is -0.116. The van der Waals surface area contributed by atoms with Gasteiger partial charge < -0.3 is 24.3 Å². The van der Waals surface area contributed by atoms with Crippen LogP contribution in [0.25, 0.3) is 6.08 Å². The van der Waals surface area contributed by atoms with Gasteiger partial charge in [0.05, 0.1) is 14.2 Å². The molecule has 0 aliphatic carbocycles. The Balaban J connectivity index is 1.35. The first kappa shape index (κ1) is 29.3. The number of amides is 1. The zero-order valence-corrected chi connectivity index (χ0v) is 23.9. The highest BCUT2D eigenvalue weighted by atomic mass is 16.5. The molecule has 4 aromatic rings. The van der Waals surface area contributed by atoms with Crippen molar-refractivity contribution in [1.29, 1.82) is 0 Å². The SMILES string of the molecule is CCc1cc(OC)c(OCc2ccccc2)cc1C=CC(=O)NCCc1ccc(OC)c(OCc2ccccc2)c1. The predicted molar refractivity (Wildman–Crippen MR) is 163 cm³/mol. The number of aryl methyl sites for hydroxylation is 1. The van der Waals surface area contributed by atoms with Gasteiger partial charge in [0.2, 0.25) is 5.91 Å². The summed E-state index contributed by atoms with van der Waals surface area (Å²) >= 11 is 0. The number of hydrogen-bond acceptors (Lipinski definition) is 5. The highest BCUT2D eigenvalue weighted by Gasteiger charge is 2.11. The number of methoxy groups -OCH3 is 2. The molecule has 4 rings (SSSR count). The molecule has 1 amide bonds. The summed E-state index contributed by atoms with van der Waals surface area (Å²) < 4.78 is 23.1.